The number of halogens is 2. The molecule has 0 aliphatic carbocycles. The Balaban J connectivity index is 2.00. The average Bonchev–Trinajstić information content (AvgIpc) is 2.83. The maximum Gasteiger partial charge on any atom is 0.231 e. The molecule has 5 heteroatoms. The van der Waals surface area contributed by atoms with Crippen molar-refractivity contribution in [2.75, 3.05) is 6.61 Å². The fourth-order valence-corrected chi connectivity index (χ4v) is 2.90. The van der Waals surface area contributed by atoms with Crippen molar-refractivity contribution >= 4 is 35.1 Å². The highest BCUT2D eigenvalue weighted by Gasteiger charge is 2.30. The minimum absolute atomic E-state index is 0.169. The first-order chi connectivity index (χ1) is 11.0. The van der Waals surface area contributed by atoms with Crippen LogP contribution >= 0.6 is 23.2 Å². The molecule has 1 heterocycles. The summed E-state index contributed by atoms with van der Waals surface area (Å²) in [5.74, 6) is 1.32. The molecule has 0 amide bonds. The highest BCUT2D eigenvalue weighted by molar-refractivity contribution is 6.35. The minimum atomic E-state index is -0.169. The first-order valence-electron chi connectivity index (χ1n) is 7.17. The molecule has 1 aliphatic heterocycles. The van der Waals surface area contributed by atoms with Gasteiger partial charge in [-0.1, -0.05) is 29.3 Å². The number of ketones is 1. The molecule has 0 fully saturated rings. The standard InChI is InChI=1S/C18H14Cl2O3/c1-3-22-15-7-6-13-17(21)16(23-18(13)10(15)2)8-11-4-5-12(19)9-14(11)20/h4-9H,3H2,1-2H3/b16-8-. The molecule has 1 aliphatic rings. The van der Waals surface area contributed by atoms with Crippen molar-refractivity contribution in [3.63, 3.8) is 0 Å². The van der Waals surface area contributed by atoms with E-state index < -0.39 is 0 Å². The van der Waals surface area contributed by atoms with Crippen LogP contribution in [-0.4, -0.2) is 12.4 Å². The molecule has 0 aromatic heterocycles. The van der Waals surface area contributed by atoms with E-state index in [1.807, 2.05) is 13.8 Å². The minimum Gasteiger partial charge on any atom is -0.493 e. The Bertz CT molecular complexity index is 825. The van der Waals surface area contributed by atoms with Crippen LogP contribution in [0, 0.1) is 6.92 Å². The SMILES string of the molecule is CCOc1ccc2c(c1C)O/C(=C\c1ccc(Cl)cc1Cl)C2=O. The third-order valence-electron chi connectivity index (χ3n) is 3.59. The van der Waals surface area contributed by atoms with Gasteiger partial charge >= 0.3 is 0 Å². The van der Waals surface area contributed by atoms with Crippen LogP contribution in [0.2, 0.25) is 10.0 Å². The Morgan fingerprint density at radius 3 is 2.70 bits per heavy atom. The second-order valence-corrected chi connectivity index (χ2v) is 5.95. The zero-order valence-electron chi connectivity index (χ0n) is 12.7. The molecule has 0 bridgehead atoms. The number of benzene rings is 2. The predicted octanol–water partition coefficient (Wildman–Crippen LogP) is 5.32. The molecule has 3 rings (SSSR count). The molecule has 0 spiro atoms. The zero-order valence-corrected chi connectivity index (χ0v) is 14.2. The Morgan fingerprint density at radius 2 is 2.00 bits per heavy atom. The van der Waals surface area contributed by atoms with Gasteiger partial charge in [-0.05, 0) is 49.8 Å². The van der Waals surface area contributed by atoms with Crippen LogP contribution < -0.4 is 9.47 Å². The van der Waals surface area contributed by atoms with Crippen LogP contribution in [-0.2, 0) is 0 Å². The van der Waals surface area contributed by atoms with E-state index >= 15 is 0 Å². The van der Waals surface area contributed by atoms with E-state index in [4.69, 9.17) is 32.7 Å². The summed E-state index contributed by atoms with van der Waals surface area (Å²) in [6, 6.07) is 8.60. The largest absolute Gasteiger partial charge is 0.493 e. The second kappa shape index (κ2) is 6.26. The smallest absolute Gasteiger partial charge is 0.231 e. The van der Waals surface area contributed by atoms with Crippen LogP contribution in [0.15, 0.2) is 36.1 Å². The molecule has 0 unspecified atom stereocenters. The summed E-state index contributed by atoms with van der Waals surface area (Å²) in [4.78, 5) is 12.5. The van der Waals surface area contributed by atoms with Gasteiger partial charge in [0.1, 0.15) is 11.5 Å². The molecule has 0 saturated carbocycles. The lowest BCUT2D eigenvalue weighted by molar-refractivity contribution is 0.101. The van der Waals surface area contributed by atoms with Crippen molar-refractivity contribution in [3.8, 4) is 11.5 Å². The van der Waals surface area contributed by atoms with E-state index in [2.05, 4.69) is 0 Å². The van der Waals surface area contributed by atoms with E-state index in [1.165, 1.54) is 0 Å². The molecular formula is C18H14Cl2O3. The number of Topliss-reactive ketones (excluding diaryl/α,β-unsaturated/α-hetero) is 1. The predicted molar refractivity (Wildman–Crippen MR) is 91.7 cm³/mol. The average molecular weight is 349 g/mol. The van der Waals surface area contributed by atoms with E-state index in [0.29, 0.717) is 39.3 Å². The number of rotatable bonds is 3. The van der Waals surface area contributed by atoms with Crippen molar-refractivity contribution < 1.29 is 14.3 Å². The van der Waals surface area contributed by atoms with Gasteiger partial charge in [0.2, 0.25) is 5.78 Å². The second-order valence-electron chi connectivity index (χ2n) is 5.10. The fourth-order valence-electron chi connectivity index (χ4n) is 2.44. The molecule has 2 aromatic carbocycles. The van der Waals surface area contributed by atoms with Crippen molar-refractivity contribution in [2.45, 2.75) is 13.8 Å². The van der Waals surface area contributed by atoms with Crippen molar-refractivity contribution in [1.82, 2.24) is 0 Å². The number of carbonyl (C=O) groups excluding carboxylic acids is 1. The molecule has 0 N–H and O–H groups in total. The van der Waals surface area contributed by atoms with Crippen LogP contribution in [0.3, 0.4) is 0 Å². The molecule has 3 nitrogen and oxygen atoms in total. The van der Waals surface area contributed by atoms with Gasteiger partial charge in [0.05, 0.1) is 12.2 Å². The Morgan fingerprint density at radius 1 is 1.22 bits per heavy atom. The van der Waals surface area contributed by atoms with E-state index in [9.17, 15) is 4.79 Å². The van der Waals surface area contributed by atoms with Gasteiger partial charge in [-0.15, -0.1) is 0 Å². The number of hydrogen-bond donors (Lipinski definition) is 0. The van der Waals surface area contributed by atoms with Gasteiger partial charge in [0.15, 0.2) is 5.76 Å². The molecule has 0 radical (unpaired) electrons. The lowest BCUT2D eigenvalue weighted by atomic mass is 10.1. The van der Waals surface area contributed by atoms with Gasteiger partial charge in [-0.25, -0.2) is 0 Å². The molecule has 118 valence electrons. The van der Waals surface area contributed by atoms with Crippen LogP contribution in [0.1, 0.15) is 28.4 Å². The summed E-state index contributed by atoms with van der Waals surface area (Å²) in [5, 5.41) is 1.00. The Hall–Kier alpha value is -1.97. The van der Waals surface area contributed by atoms with Gasteiger partial charge in [0.25, 0.3) is 0 Å². The summed E-state index contributed by atoms with van der Waals surface area (Å²) in [7, 11) is 0. The molecular weight excluding hydrogens is 335 g/mol. The maximum atomic E-state index is 12.5. The molecule has 0 atom stereocenters. The summed E-state index contributed by atoms with van der Waals surface area (Å²) >= 11 is 12.0. The highest BCUT2D eigenvalue weighted by Crippen LogP contribution is 2.39. The van der Waals surface area contributed by atoms with Crippen molar-refractivity contribution in [2.24, 2.45) is 0 Å². The Labute approximate surface area is 144 Å². The van der Waals surface area contributed by atoms with Crippen molar-refractivity contribution in [3.05, 3.63) is 62.8 Å². The zero-order chi connectivity index (χ0) is 16.6. The molecule has 23 heavy (non-hydrogen) atoms. The van der Waals surface area contributed by atoms with Gasteiger partial charge < -0.3 is 9.47 Å². The molecule has 0 saturated heterocycles. The normalized spacial score (nSPS) is 14.8. The monoisotopic (exact) mass is 348 g/mol. The van der Waals surface area contributed by atoms with Crippen LogP contribution in [0.4, 0.5) is 0 Å². The van der Waals surface area contributed by atoms with Crippen molar-refractivity contribution in [1.29, 1.82) is 0 Å². The van der Waals surface area contributed by atoms with Gasteiger partial charge in [-0.2, -0.15) is 0 Å². The van der Waals surface area contributed by atoms with Crippen LogP contribution in [0.25, 0.3) is 6.08 Å². The summed E-state index contributed by atoms with van der Waals surface area (Å²) in [6.45, 7) is 4.33. The van der Waals surface area contributed by atoms with E-state index in [0.717, 1.165) is 5.56 Å². The fraction of sp³-hybridized carbons (Fsp3) is 0.167. The summed E-state index contributed by atoms with van der Waals surface area (Å²) in [6.07, 6.45) is 1.63. The number of carbonyl (C=O) groups is 1. The van der Waals surface area contributed by atoms with Gasteiger partial charge in [-0.3, -0.25) is 4.79 Å². The lowest BCUT2D eigenvalue weighted by Crippen LogP contribution is -1.98. The number of ether oxygens (including phenoxy) is 2. The van der Waals surface area contributed by atoms with Crippen LogP contribution in [0.5, 0.6) is 11.5 Å². The van der Waals surface area contributed by atoms with Gasteiger partial charge in [0, 0.05) is 15.6 Å². The third kappa shape index (κ3) is 2.94. The third-order valence-corrected chi connectivity index (χ3v) is 4.15. The maximum absolute atomic E-state index is 12.5. The summed E-state index contributed by atoms with van der Waals surface area (Å²) < 4.78 is 11.3. The molecule has 2 aromatic rings. The number of allylic oxidation sites excluding steroid dienone is 1. The Kier molecular flexibility index (Phi) is 4.33. The first kappa shape index (κ1) is 15.9. The van der Waals surface area contributed by atoms with E-state index in [-0.39, 0.29) is 11.5 Å². The highest BCUT2D eigenvalue weighted by atomic mass is 35.5. The lowest BCUT2D eigenvalue weighted by Gasteiger charge is -2.09. The topological polar surface area (TPSA) is 35.5 Å². The number of fused-ring (bicyclic) bond motifs is 1. The first-order valence-corrected chi connectivity index (χ1v) is 7.92. The quantitative estimate of drug-likeness (QED) is 0.704. The van der Waals surface area contributed by atoms with E-state index in [1.54, 1.807) is 36.4 Å². The number of hydrogen-bond acceptors (Lipinski definition) is 3. The summed E-state index contributed by atoms with van der Waals surface area (Å²) in [5.41, 5.74) is 2.01.